The summed E-state index contributed by atoms with van der Waals surface area (Å²) in [5.74, 6) is 0. The fourth-order valence-corrected chi connectivity index (χ4v) is 3.89. The molecule has 0 saturated carbocycles. The van der Waals surface area contributed by atoms with E-state index in [0.717, 1.165) is 29.3 Å². The zero-order valence-corrected chi connectivity index (χ0v) is 12.7. The predicted molar refractivity (Wildman–Crippen MR) is 83.3 cm³/mol. The zero-order chi connectivity index (χ0) is 14.4. The average Bonchev–Trinajstić information content (AvgIpc) is 3.02. The van der Waals surface area contributed by atoms with Gasteiger partial charge in [-0.1, -0.05) is 24.3 Å². The molecule has 1 atom stereocenters. The summed E-state index contributed by atoms with van der Waals surface area (Å²) >= 11 is 1.66. The molecule has 108 valence electrons. The molecular weight excluding hydrogens is 282 g/mol. The SMILES string of the molecule is Cc1nc2sccn2c1CN1Cc2ccccc2[C@H](O)C1. The molecule has 0 amide bonds. The molecule has 0 radical (unpaired) electrons. The second-order valence-electron chi connectivity index (χ2n) is 5.58. The Morgan fingerprint density at radius 3 is 3.14 bits per heavy atom. The summed E-state index contributed by atoms with van der Waals surface area (Å²) in [5, 5.41) is 12.4. The Balaban J connectivity index is 1.64. The number of nitrogens with zero attached hydrogens (tertiary/aromatic N) is 3. The highest BCUT2D eigenvalue weighted by atomic mass is 32.1. The van der Waals surface area contributed by atoms with E-state index >= 15 is 0 Å². The van der Waals surface area contributed by atoms with Crippen LogP contribution in [-0.4, -0.2) is 25.9 Å². The maximum atomic E-state index is 10.3. The van der Waals surface area contributed by atoms with Crippen LogP contribution in [0.1, 0.15) is 28.6 Å². The van der Waals surface area contributed by atoms with Crippen molar-refractivity contribution in [3.05, 3.63) is 58.4 Å². The van der Waals surface area contributed by atoms with Gasteiger partial charge in [-0.15, -0.1) is 11.3 Å². The van der Waals surface area contributed by atoms with E-state index in [-0.39, 0.29) is 0 Å². The summed E-state index contributed by atoms with van der Waals surface area (Å²) in [6, 6.07) is 8.16. The molecule has 0 unspecified atom stereocenters. The Bertz CT molecular complexity index is 792. The van der Waals surface area contributed by atoms with Crippen LogP contribution in [0, 0.1) is 6.92 Å². The van der Waals surface area contributed by atoms with Crippen LogP contribution in [0.15, 0.2) is 35.8 Å². The van der Waals surface area contributed by atoms with Gasteiger partial charge in [-0.25, -0.2) is 4.98 Å². The molecular formula is C16H17N3OS. The molecule has 0 saturated heterocycles. The number of benzene rings is 1. The maximum Gasteiger partial charge on any atom is 0.194 e. The van der Waals surface area contributed by atoms with Gasteiger partial charge in [0, 0.05) is 31.2 Å². The number of β-amino-alcohol motifs (C(OH)–C–C–N with tert-alkyl or cyclic N) is 1. The van der Waals surface area contributed by atoms with E-state index in [2.05, 4.69) is 38.9 Å². The van der Waals surface area contributed by atoms with E-state index in [1.54, 1.807) is 11.3 Å². The molecule has 4 rings (SSSR count). The minimum atomic E-state index is -0.402. The summed E-state index contributed by atoms with van der Waals surface area (Å²) in [7, 11) is 0. The third-order valence-corrected chi connectivity index (χ3v) is 4.93. The molecule has 1 aliphatic heterocycles. The highest BCUT2D eigenvalue weighted by molar-refractivity contribution is 7.15. The van der Waals surface area contributed by atoms with Crippen molar-refractivity contribution >= 4 is 16.3 Å². The molecule has 4 nitrogen and oxygen atoms in total. The van der Waals surface area contributed by atoms with Crippen molar-refractivity contribution in [2.24, 2.45) is 0 Å². The first kappa shape index (κ1) is 13.0. The molecule has 0 aliphatic carbocycles. The van der Waals surface area contributed by atoms with Crippen LogP contribution in [0.4, 0.5) is 0 Å². The van der Waals surface area contributed by atoms with Gasteiger partial charge in [-0.3, -0.25) is 9.30 Å². The van der Waals surface area contributed by atoms with Crippen molar-refractivity contribution in [2.75, 3.05) is 6.54 Å². The van der Waals surface area contributed by atoms with Gasteiger partial charge < -0.3 is 5.11 Å². The van der Waals surface area contributed by atoms with E-state index < -0.39 is 6.10 Å². The third-order valence-electron chi connectivity index (χ3n) is 4.17. The number of hydrogen-bond acceptors (Lipinski definition) is 4. The monoisotopic (exact) mass is 299 g/mol. The van der Waals surface area contributed by atoms with E-state index in [1.165, 1.54) is 11.3 Å². The maximum absolute atomic E-state index is 10.3. The molecule has 5 heteroatoms. The van der Waals surface area contributed by atoms with E-state index in [9.17, 15) is 5.11 Å². The molecule has 2 aromatic heterocycles. The third kappa shape index (κ3) is 2.18. The molecule has 0 bridgehead atoms. The minimum absolute atomic E-state index is 0.402. The first-order valence-corrected chi connectivity index (χ1v) is 7.99. The molecule has 1 aliphatic rings. The number of rotatable bonds is 2. The van der Waals surface area contributed by atoms with Crippen LogP contribution < -0.4 is 0 Å². The number of aromatic nitrogens is 2. The lowest BCUT2D eigenvalue weighted by molar-refractivity contribution is 0.0872. The molecule has 1 aromatic carbocycles. The topological polar surface area (TPSA) is 40.8 Å². The van der Waals surface area contributed by atoms with Gasteiger partial charge >= 0.3 is 0 Å². The Morgan fingerprint density at radius 2 is 2.24 bits per heavy atom. The summed E-state index contributed by atoms with van der Waals surface area (Å²) in [6.07, 6.45) is 1.67. The molecule has 21 heavy (non-hydrogen) atoms. The molecule has 0 fully saturated rings. The second kappa shape index (κ2) is 4.94. The lowest BCUT2D eigenvalue weighted by Crippen LogP contribution is -2.33. The van der Waals surface area contributed by atoms with Gasteiger partial charge in [0.05, 0.1) is 17.5 Å². The molecule has 3 heterocycles. The fourth-order valence-electron chi connectivity index (χ4n) is 3.12. The number of hydrogen-bond donors (Lipinski definition) is 1. The highest BCUT2D eigenvalue weighted by Crippen LogP contribution is 2.28. The fraction of sp³-hybridized carbons (Fsp3) is 0.312. The summed E-state index contributed by atoms with van der Waals surface area (Å²) < 4.78 is 2.16. The van der Waals surface area contributed by atoms with Crippen molar-refractivity contribution < 1.29 is 5.11 Å². The molecule has 3 aromatic rings. The zero-order valence-electron chi connectivity index (χ0n) is 11.9. The highest BCUT2D eigenvalue weighted by Gasteiger charge is 2.24. The summed E-state index contributed by atoms with van der Waals surface area (Å²) in [6.45, 7) is 4.43. The van der Waals surface area contributed by atoms with Crippen LogP contribution in [0.25, 0.3) is 4.96 Å². The number of aliphatic hydroxyl groups is 1. The van der Waals surface area contributed by atoms with E-state index in [0.29, 0.717) is 6.54 Å². The number of thiazole rings is 1. The molecule has 0 spiro atoms. The lowest BCUT2D eigenvalue weighted by Gasteiger charge is -2.32. The van der Waals surface area contributed by atoms with Crippen molar-refractivity contribution in [1.29, 1.82) is 0 Å². The number of aryl methyl sites for hydroxylation is 1. The van der Waals surface area contributed by atoms with Gasteiger partial charge in [0.1, 0.15) is 0 Å². The average molecular weight is 299 g/mol. The van der Waals surface area contributed by atoms with Gasteiger partial charge in [-0.05, 0) is 18.1 Å². The van der Waals surface area contributed by atoms with Crippen LogP contribution >= 0.6 is 11.3 Å². The Hall–Kier alpha value is -1.69. The van der Waals surface area contributed by atoms with Crippen LogP contribution in [-0.2, 0) is 13.1 Å². The van der Waals surface area contributed by atoms with Gasteiger partial charge in [0.25, 0.3) is 0 Å². The predicted octanol–water partition coefficient (Wildman–Crippen LogP) is 2.75. The first-order valence-electron chi connectivity index (χ1n) is 7.11. The van der Waals surface area contributed by atoms with Crippen molar-refractivity contribution in [3.63, 3.8) is 0 Å². The van der Waals surface area contributed by atoms with Gasteiger partial charge in [0.15, 0.2) is 4.96 Å². The second-order valence-corrected chi connectivity index (χ2v) is 6.46. The Morgan fingerprint density at radius 1 is 1.38 bits per heavy atom. The molecule has 1 N–H and O–H groups in total. The summed E-state index contributed by atoms with van der Waals surface area (Å²) in [5.41, 5.74) is 4.59. The van der Waals surface area contributed by atoms with Crippen LogP contribution in [0.5, 0.6) is 0 Å². The van der Waals surface area contributed by atoms with Crippen molar-refractivity contribution in [1.82, 2.24) is 14.3 Å². The first-order chi connectivity index (χ1) is 10.2. The van der Waals surface area contributed by atoms with Gasteiger partial charge in [0.2, 0.25) is 0 Å². The van der Waals surface area contributed by atoms with Crippen LogP contribution in [0.3, 0.4) is 0 Å². The number of imidazole rings is 1. The largest absolute Gasteiger partial charge is 0.387 e. The quantitative estimate of drug-likeness (QED) is 0.791. The van der Waals surface area contributed by atoms with Crippen molar-refractivity contribution in [3.8, 4) is 0 Å². The summed E-state index contributed by atoms with van der Waals surface area (Å²) in [4.78, 5) is 7.93. The minimum Gasteiger partial charge on any atom is -0.387 e. The normalized spacial score (nSPS) is 19.0. The van der Waals surface area contributed by atoms with Gasteiger partial charge in [-0.2, -0.15) is 0 Å². The lowest BCUT2D eigenvalue weighted by atomic mass is 9.97. The van der Waals surface area contributed by atoms with Crippen molar-refractivity contribution in [2.45, 2.75) is 26.1 Å². The Kier molecular flexibility index (Phi) is 3.06. The number of aliphatic hydroxyl groups excluding tert-OH is 1. The van der Waals surface area contributed by atoms with E-state index in [4.69, 9.17) is 0 Å². The smallest absolute Gasteiger partial charge is 0.194 e. The number of fused-ring (bicyclic) bond motifs is 2. The van der Waals surface area contributed by atoms with E-state index in [1.807, 2.05) is 18.2 Å². The Labute approximate surface area is 127 Å². The standard InChI is InChI=1S/C16H17N3OS/c1-11-14(19-6-7-21-16(19)17-11)9-18-8-12-4-2-3-5-13(12)15(20)10-18/h2-7,15,20H,8-10H2,1H3/t15-/m1/s1. The van der Waals surface area contributed by atoms with Crippen LogP contribution in [0.2, 0.25) is 0 Å².